The van der Waals surface area contributed by atoms with Gasteiger partial charge in [0, 0.05) is 50.9 Å². The molecule has 0 aromatic heterocycles. The van der Waals surface area contributed by atoms with E-state index >= 15 is 0 Å². The fourth-order valence-corrected chi connectivity index (χ4v) is 11.3. The van der Waals surface area contributed by atoms with Crippen molar-refractivity contribution in [2.24, 2.45) is 0 Å². The number of para-hydroxylation sites is 5. The largest absolute Gasteiger partial charge is 0.334 e. The van der Waals surface area contributed by atoms with Crippen molar-refractivity contribution in [3.05, 3.63) is 222 Å². The van der Waals surface area contributed by atoms with E-state index in [-0.39, 0.29) is 17.7 Å². The normalized spacial score (nSPS) is 19.5. The standard InChI is InChI=1S/C53H40BN3/c1-52-35-37-19-11-12-20-38(37)36-53(52,39-21-5-2-6-22-39)43-27-13-16-30-46(43)57(52)42-33-49-51-50(34-42)56(41-25-9-4-10-26-41)48-32-18-15-29-45(48)54(51)44-28-14-17-31-47(44)55(49)40-23-7-3-8-24-40/h2-34H,35-36H2,1H3. The molecular formula is C53H40BN3. The number of hydrogen-bond donors (Lipinski definition) is 0. The molecule has 57 heavy (non-hydrogen) atoms. The Bertz CT molecular complexity index is 2750. The van der Waals surface area contributed by atoms with Gasteiger partial charge in [-0.1, -0.05) is 146 Å². The molecule has 4 heteroatoms. The van der Waals surface area contributed by atoms with Gasteiger partial charge >= 0.3 is 0 Å². The summed E-state index contributed by atoms with van der Waals surface area (Å²) in [5, 5.41) is 0. The van der Waals surface area contributed by atoms with E-state index in [9.17, 15) is 0 Å². The zero-order valence-electron chi connectivity index (χ0n) is 31.9. The monoisotopic (exact) mass is 729 g/mol. The van der Waals surface area contributed by atoms with Gasteiger partial charge in [0.15, 0.2) is 0 Å². The van der Waals surface area contributed by atoms with Gasteiger partial charge in [0.2, 0.25) is 0 Å². The van der Waals surface area contributed by atoms with Gasteiger partial charge in [-0.3, -0.25) is 0 Å². The van der Waals surface area contributed by atoms with Crippen LogP contribution in [0.5, 0.6) is 0 Å². The highest BCUT2D eigenvalue weighted by molar-refractivity contribution is 7.00. The van der Waals surface area contributed by atoms with E-state index in [0.717, 1.165) is 24.2 Å². The zero-order chi connectivity index (χ0) is 37.7. The highest BCUT2D eigenvalue weighted by Gasteiger charge is 2.62. The molecule has 0 bridgehead atoms. The van der Waals surface area contributed by atoms with Crippen LogP contribution in [0.4, 0.5) is 45.5 Å². The van der Waals surface area contributed by atoms with Crippen molar-refractivity contribution < 1.29 is 0 Å². The van der Waals surface area contributed by atoms with Crippen LogP contribution in [-0.4, -0.2) is 12.3 Å². The summed E-state index contributed by atoms with van der Waals surface area (Å²) in [6.07, 6.45) is 1.85. The molecule has 3 heterocycles. The zero-order valence-corrected chi connectivity index (χ0v) is 31.9. The molecule has 8 aromatic carbocycles. The van der Waals surface area contributed by atoms with Crippen LogP contribution >= 0.6 is 0 Å². The van der Waals surface area contributed by atoms with Crippen molar-refractivity contribution in [2.75, 3.05) is 14.7 Å². The molecule has 0 saturated carbocycles. The molecule has 0 N–H and O–H groups in total. The lowest BCUT2D eigenvalue weighted by Crippen LogP contribution is -2.62. The van der Waals surface area contributed by atoms with E-state index in [0.29, 0.717) is 0 Å². The lowest BCUT2D eigenvalue weighted by atomic mass is 9.33. The lowest BCUT2D eigenvalue weighted by molar-refractivity contribution is 0.281. The average molecular weight is 730 g/mol. The highest BCUT2D eigenvalue weighted by atomic mass is 15.3. The quantitative estimate of drug-likeness (QED) is 0.167. The summed E-state index contributed by atoms with van der Waals surface area (Å²) in [6.45, 7) is 2.61. The van der Waals surface area contributed by atoms with E-state index in [4.69, 9.17) is 0 Å². The molecule has 2 unspecified atom stereocenters. The van der Waals surface area contributed by atoms with Crippen molar-refractivity contribution in [1.82, 2.24) is 0 Å². The lowest BCUT2D eigenvalue weighted by Gasteiger charge is -2.53. The van der Waals surface area contributed by atoms with E-state index < -0.39 is 0 Å². The maximum Gasteiger partial charge on any atom is 0.252 e. The first-order chi connectivity index (χ1) is 28.2. The molecule has 1 aliphatic carbocycles. The second-order valence-corrected chi connectivity index (χ2v) is 16.3. The number of rotatable bonds is 4. The summed E-state index contributed by atoms with van der Waals surface area (Å²) >= 11 is 0. The number of nitrogens with zero attached hydrogens (tertiary/aromatic N) is 3. The fraction of sp³-hybridized carbons (Fsp3) is 0.0943. The maximum atomic E-state index is 2.74. The Kier molecular flexibility index (Phi) is 6.90. The van der Waals surface area contributed by atoms with E-state index in [1.165, 1.54) is 72.8 Å². The smallest absolute Gasteiger partial charge is 0.252 e. The van der Waals surface area contributed by atoms with Crippen molar-refractivity contribution in [3.8, 4) is 0 Å². The average Bonchev–Trinajstić information content (AvgIpc) is 3.50. The summed E-state index contributed by atoms with van der Waals surface area (Å²) in [4.78, 5) is 7.79. The van der Waals surface area contributed by atoms with Gasteiger partial charge in [0.1, 0.15) is 0 Å². The van der Waals surface area contributed by atoms with Gasteiger partial charge in [-0.15, -0.1) is 0 Å². The van der Waals surface area contributed by atoms with Crippen LogP contribution in [0, 0.1) is 0 Å². The van der Waals surface area contributed by atoms with Crippen LogP contribution in [0.2, 0.25) is 0 Å². The van der Waals surface area contributed by atoms with E-state index in [1.54, 1.807) is 0 Å². The van der Waals surface area contributed by atoms with Crippen LogP contribution in [0.25, 0.3) is 0 Å². The van der Waals surface area contributed by atoms with Gasteiger partial charge < -0.3 is 14.7 Å². The first-order valence-corrected chi connectivity index (χ1v) is 20.2. The summed E-state index contributed by atoms with van der Waals surface area (Å²) in [6, 6.07) is 74.9. The molecule has 3 aliphatic heterocycles. The van der Waals surface area contributed by atoms with Gasteiger partial charge in [0.25, 0.3) is 6.71 Å². The van der Waals surface area contributed by atoms with E-state index in [2.05, 4.69) is 222 Å². The summed E-state index contributed by atoms with van der Waals surface area (Å²) in [5.41, 5.74) is 18.7. The Morgan fingerprint density at radius 1 is 0.421 bits per heavy atom. The molecule has 12 rings (SSSR count). The molecule has 0 fully saturated rings. The molecule has 0 spiro atoms. The minimum atomic E-state index is -0.332. The number of benzene rings is 8. The first-order valence-electron chi connectivity index (χ1n) is 20.2. The second kappa shape index (κ2) is 12.1. The number of fused-ring (bicyclic) bond motifs is 8. The van der Waals surface area contributed by atoms with Crippen molar-refractivity contribution in [3.63, 3.8) is 0 Å². The third kappa shape index (κ3) is 4.39. The molecule has 4 aliphatic rings. The Balaban J connectivity index is 1.20. The molecule has 0 radical (unpaired) electrons. The van der Waals surface area contributed by atoms with Crippen LogP contribution in [-0.2, 0) is 18.3 Å². The van der Waals surface area contributed by atoms with E-state index in [1.807, 2.05) is 0 Å². The van der Waals surface area contributed by atoms with Gasteiger partial charge in [-0.05, 0) is 113 Å². The fourth-order valence-electron chi connectivity index (χ4n) is 11.3. The Hall–Kier alpha value is -6.78. The molecular weight excluding hydrogens is 689 g/mol. The predicted molar refractivity (Wildman–Crippen MR) is 239 cm³/mol. The molecule has 3 nitrogen and oxygen atoms in total. The minimum Gasteiger partial charge on any atom is -0.334 e. The van der Waals surface area contributed by atoms with Gasteiger partial charge in [-0.25, -0.2) is 0 Å². The van der Waals surface area contributed by atoms with Crippen molar-refractivity contribution in [2.45, 2.75) is 30.7 Å². The number of hydrogen-bond acceptors (Lipinski definition) is 3. The number of anilines is 8. The third-order valence-electron chi connectivity index (χ3n) is 13.5. The van der Waals surface area contributed by atoms with Gasteiger partial charge in [0.05, 0.1) is 5.54 Å². The Labute approximate surface area is 335 Å². The van der Waals surface area contributed by atoms with Crippen LogP contribution in [0.1, 0.15) is 29.2 Å². The van der Waals surface area contributed by atoms with Crippen LogP contribution < -0.4 is 31.1 Å². The Morgan fingerprint density at radius 3 is 1.46 bits per heavy atom. The Morgan fingerprint density at radius 2 is 0.877 bits per heavy atom. The van der Waals surface area contributed by atoms with Crippen molar-refractivity contribution in [1.29, 1.82) is 0 Å². The second-order valence-electron chi connectivity index (χ2n) is 16.3. The van der Waals surface area contributed by atoms with Gasteiger partial charge in [-0.2, -0.15) is 0 Å². The molecule has 0 amide bonds. The highest BCUT2D eigenvalue weighted by Crippen LogP contribution is 2.63. The van der Waals surface area contributed by atoms with Crippen molar-refractivity contribution >= 4 is 68.6 Å². The molecule has 2 atom stereocenters. The predicted octanol–water partition coefficient (Wildman–Crippen LogP) is 10.8. The molecule has 270 valence electrons. The molecule has 8 aromatic rings. The third-order valence-corrected chi connectivity index (χ3v) is 13.5. The van der Waals surface area contributed by atoms with Crippen LogP contribution in [0.15, 0.2) is 200 Å². The summed E-state index contributed by atoms with van der Waals surface area (Å²) < 4.78 is 0. The topological polar surface area (TPSA) is 9.72 Å². The minimum absolute atomic E-state index is 0.0720. The maximum absolute atomic E-state index is 2.74. The first kappa shape index (κ1) is 32.5. The van der Waals surface area contributed by atoms with Crippen LogP contribution in [0.3, 0.4) is 0 Å². The summed E-state index contributed by atoms with van der Waals surface area (Å²) in [5.74, 6) is 0. The summed E-state index contributed by atoms with van der Waals surface area (Å²) in [7, 11) is 0. The SMILES string of the molecule is CC12Cc3ccccc3CC1(c1ccccc1)c1ccccc1N2c1cc2c3c(c1)N(c1ccccc1)c1ccccc1B3c1ccccc1N2c1ccccc1. The molecule has 0 saturated heterocycles.